The Morgan fingerprint density at radius 3 is 2.29 bits per heavy atom. The van der Waals surface area contributed by atoms with Crippen molar-refractivity contribution in [3.05, 3.63) is 0 Å². The molecule has 0 radical (unpaired) electrons. The minimum atomic E-state index is 0.745. The van der Waals surface area contributed by atoms with Crippen molar-refractivity contribution >= 4 is 24.4 Å². The lowest BCUT2D eigenvalue weighted by atomic mass is 9.86. The van der Waals surface area contributed by atoms with Gasteiger partial charge in [0.05, 0.1) is 0 Å². The van der Waals surface area contributed by atoms with Gasteiger partial charge in [0.2, 0.25) is 0 Å². The molecule has 0 bridgehead atoms. The molecule has 0 unspecified atom stereocenters. The Bertz CT molecular complexity index is 88.3. The van der Waals surface area contributed by atoms with Crippen molar-refractivity contribution < 1.29 is 0 Å². The fourth-order valence-electron chi connectivity index (χ4n) is 1.14. The SMILES string of the molecule is SC1CC2(CS2)C1. The van der Waals surface area contributed by atoms with Crippen LogP contribution >= 0.6 is 24.4 Å². The Morgan fingerprint density at radius 1 is 1.57 bits per heavy atom. The third-order valence-corrected chi connectivity index (χ3v) is 3.57. The molecule has 0 atom stereocenters. The quantitative estimate of drug-likeness (QED) is 0.385. The van der Waals surface area contributed by atoms with Crippen molar-refractivity contribution in [2.24, 2.45) is 0 Å². The molecule has 1 saturated heterocycles. The average molecular weight is 132 g/mol. The van der Waals surface area contributed by atoms with E-state index in [2.05, 4.69) is 24.4 Å². The van der Waals surface area contributed by atoms with E-state index in [1.54, 1.807) is 0 Å². The second-order valence-corrected chi connectivity index (χ2v) is 4.71. The van der Waals surface area contributed by atoms with Crippen LogP contribution in [0, 0.1) is 0 Å². The molecule has 2 aliphatic rings. The van der Waals surface area contributed by atoms with Crippen LogP contribution in [0.15, 0.2) is 0 Å². The van der Waals surface area contributed by atoms with Crippen LogP contribution < -0.4 is 0 Å². The molecule has 0 aromatic heterocycles. The minimum absolute atomic E-state index is 0.745. The molecule has 1 heterocycles. The first kappa shape index (κ1) is 4.57. The van der Waals surface area contributed by atoms with Gasteiger partial charge in [0.15, 0.2) is 0 Å². The van der Waals surface area contributed by atoms with Crippen LogP contribution in [-0.4, -0.2) is 15.7 Å². The third-order valence-electron chi connectivity index (χ3n) is 1.77. The molecule has 1 aliphatic carbocycles. The monoisotopic (exact) mass is 132 g/mol. The highest BCUT2D eigenvalue weighted by molar-refractivity contribution is 8.08. The molecule has 2 fully saturated rings. The predicted molar refractivity (Wildman–Crippen MR) is 37.2 cm³/mol. The van der Waals surface area contributed by atoms with E-state index in [9.17, 15) is 0 Å². The summed E-state index contributed by atoms with van der Waals surface area (Å²) in [5.41, 5.74) is 0. The number of thiol groups is 1. The van der Waals surface area contributed by atoms with Gasteiger partial charge in [0, 0.05) is 15.7 Å². The topological polar surface area (TPSA) is 0 Å². The Morgan fingerprint density at radius 2 is 2.14 bits per heavy atom. The summed E-state index contributed by atoms with van der Waals surface area (Å²) >= 11 is 6.44. The zero-order chi connectivity index (χ0) is 4.91. The smallest absolute Gasteiger partial charge is 0.0272 e. The molecule has 40 valence electrons. The maximum absolute atomic E-state index is 4.32. The van der Waals surface area contributed by atoms with Crippen LogP contribution in [0.3, 0.4) is 0 Å². The molecule has 7 heavy (non-hydrogen) atoms. The highest BCUT2D eigenvalue weighted by Crippen LogP contribution is 2.59. The Labute approximate surface area is 53.5 Å². The first-order valence-corrected chi connectivity index (χ1v) is 4.13. The van der Waals surface area contributed by atoms with E-state index in [1.807, 2.05) is 0 Å². The molecular weight excluding hydrogens is 124 g/mol. The van der Waals surface area contributed by atoms with Gasteiger partial charge in [-0.2, -0.15) is 24.4 Å². The molecule has 0 amide bonds. The molecule has 0 aromatic rings. The maximum Gasteiger partial charge on any atom is 0.0272 e. The average Bonchev–Trinajstić information content (AvgIpc) is 2.14. The van der Waals surface area contributed by atoms with Crippen molar-refractivity contribution in [1.29, 1.82) is 0 Å². The number of rotatable bonds is 0. The molecule has 1 spiro atoms. The zero-order valence-electron chi connectivity index (χ0n) is 4.05. The van der Waals surface area contributed by atoms with E-state index in [0.29, 0.717) is 0 Å². The number of hydrogen-bond donors (Lipinski definition) is 1. The van der Waals surface area contributed by atoms with E-state index < -0.39 is 0 Å². The van der Waals surface area contributed by atoms with Crippen LogP contribution in [0.2, 0.25) is 0 Å². The highest BCUT2D eigenvalue weighted by Gasteiger charge is 2.52. The van der Waals surface area contributed by atoms with Crippen molar-refractivity contribution in [3.63, 3.8) is 0 Å². The number of thioether (sulfide) groups is 1. The fourth-order valence-corrected chi connectivity index (χ4v) is 3.16. The highest BCUT2D eigenvalue weighted by atomic mass is 32.2. The normalized spacial score (nSPS) is 57.0. The summed E-state index contributed by atoms with van der Waals surface area (Å²) in [6, 6.07) is 0. The maximum atomic E-state index is 4.32. The fraction of sp³-hybridized carbons (Fsp3) is 1.00. The van der Waals surface area contributed by atoms with Crippen LogP contribution in [-0.2, 0) is 0 Å². The molecule has 0 nitrogen and oxygen atoms in total. The van der Waals surface area contributed by atoms with Crippen molar-refractivity contribution in [3.8, 4) is 0 Å². The molecular formula is C5H8S2. The van der Waals surface area contributed by atoms with Gasteiger partial charge in [-0.1, -0.05) is 0 Å². The van der Waals surface area contributed by atoms with Gasteiger partial charge in [-0.25, -0.2) is 0 Å². The summed E-state index contributed by atoms with van der Waals surface area (Å²) in [5.74, 6) is 1.42. The second kappa shape index (κ2) is 1.16. The summed E-state index contributed by atoms with van der Waals surface area (Å²) in [5, 5.41) is 0.745. The molecule has 1 saturated carbocycles. The third kappa shape index (κ3) is 0.600. The molecule has 0 aromatic carbocycles. The lowest BCUT2D eigenvalue weighted by Gasteiger charge is -2.29. The standard InChI is InChI=1S/C5H8S2/c6-4-1-5(2-4)3-7-5/h4,6H,1-3H2. The largest absolute Gasteiger partial charge is 0.176 e. The van der Waals surface area contributed by atoms with E-state index >= 15 is 0 Å². The first-order chi connectivity index (χ1) is 3.31. The summed E-state index contributed by atoms with van der Waals surface area (Å²) < 4.78 is 0.784. The van der Waals surface area contributed by atoms with Crippen molar-refractivity contribution in [1.82, 2.24) is 0 Å². The number of hydrogen-bond acceptors (Lipinski definition) is 2. The Kier molecular flexibility index (Phi) is 0.757. The lowest BCUT2D eigenvalue weighted by molar-refractivity contribution is 0.455. The van der Waals surface area contributed by atoms with Gasteiger partial charge in [0.1, 0.15) is 0 Å². The summed E-state index contributed by atoms with van der Waals surface area (Å²) in [7, 11) is 0. The van der Waals surface area contributed by atoms with E-state index in [0.717, 1.165) is 10.00 Å². The summed E-state index contributed by atoms with van der Waals surface area (Å²) in [4.78, 5) is 0. The van der Waals surface area contributed by atoms with Gasteiger partial charge in [-0.3, -0.25) is 0 Å². The minimum Gasteiger partial charge on any atom is -0.176 e. The second-order valence-electron chi connectivity index (χ2n) is 2.53. The molecule has 2 rings (SSSR count). The van der Waals surface area contributed by atoms with Crippen LogP contribution in [0.4, 0.5) is 0 Å². The molecule has 2 heteroatoms. The summed E-state index contributed by atoms with van der Waals surface area (Å²) in [6.07, 6.45) is 2.75. The Hall–Kier alpha value is 0.700. The predicted octanol–water partition coefficient (Wildman–Crippen LogP) is 1.56. The van der Waals surface area contributed by atoms with Gasteiger partial charge in [-0.05, 0) is 12.8 Å². The van der Waals surface area contributed by atoms with Gasteiger partial charge < -0.3 is 0 Å². The molecule has 1 aliphatic heterocycles. The van der Waals surface area contributed by atoms with E-state index in [-0.39, 0.29) is 0 Å². The van der Waals surface area contributed by atoms with E-state index in [1.165, 1.54) is 18.6 Å². The first-order valence-electron chi connectivity index (χ1n) is 2.63. The van der Waals surface area contributed by atoms with Crippen LogP contribution in [0.1, 0.15) is 12.8 Å². The van der Waals surface area contributed by atoms with Crippen molar-refractivity contribution in [2.45, 2.75) is 22.8 Å². The molecule has 0 N–H and O–H groups in total. The van der Waals surface area contributed by atoms with Gasteiger partial charge in [0.25, 0.3) is 0 Å². The van der Waals surface area contributed by atoms with Crippen LogP contribution in [0.25, 0.3) is 0 Å². The van der Waals surface area contributed by atoms with Crippen LogP contribution in [0.5, 0.6) is 0 Å². The lowest BCUT2D eigenvalue weighted by Crippen LogP contribution is -2.31. The Balaban J connectivity index is 1.97. The van der Waals surface area contributed by atoms with Gasteiger partial charge in [-0.15, -0.1) is 0 Å². The van der Waals surface area contributed by atoms with Gasteiger partial charge >= 0.3 is 0 Å². The zero-order valence-corrected chi connectivity index (χ0v) is 5.77. The summed E-state index contributed by atoms with van der Waals surface area (Å²) in [6.45, 7) is 0. The van der Waals surface area contributed by atoms with E-state index in [4.69, 9.17) is 0 Å². The van der Waals surface area contributed by atoms with Crippen molar-refractivity contribution in [2.75, 3.05) is 5.75 Å².